The highest BCUT2D eigenvalue weighted by atomic mass is 32.1. The SMILES string of the molecule is CCNCc1ccc2ccn(Cc3csc(CC)n3)c2c1. The zero-order valence-corrected chi connectivity index (χ0v) is 13.4. The Kier molecular flexibility index (Phi) is 4.36. The van der Waals surface area contributed by atoms with Crippen LogP contribution in [0.5, 0.6) is 0 Å². The fourth-order valence-electron chi connectivity index (χ4n) is 2.51. The van der Waals surface area contributed by atoms with Crippen molar-refractivity contribution in [1.29, 1.82) is 0 Å². The lowest BCUT2D eigenvalue weighted by atomic mass is 10.1. The molecular formula is C17H21N3S. The highest BCUT2D eigenvalue weighted by molar-refractivity contribution is 7.09. The number of rotatable bonds is 6. The molecule has 0 amide bonds. The number of aryl methyl sites for hydroxylation is 1. The minimum atomic E-state index is 0.852. The predicted octanol–water partition coefficient (Wildman–Crippen LogP) is 3.82. The lowest BCUT2D eigenvalue weighted by molar-refractivity contribution is 0.726. The van der Waals surface area contributed by atoms with Gasteiger partial charge in [-0.2, -0.15) is 0 Å². The Morgan fingerprint density at radius 3 is 2.90 bits per heavy atom. The summed E-state index contributed by atoms with van der Waals surface area (Å²) >= 11 is 1.76. The molecule has 1 aromatic carbocycles. The van der Waals surface area contributed by atoms with Crippen molar-refractivity contribution in [3.8, 4) is 0 Å². The van der Waals surface area contributed by atoms with Crippen molar-refractivity contribution >= 4 is 22.2 Å². The first-order valence-corrected chi connectivity index (χ1v) is 8.40. The van der Waals surface area contributed by atoms with E-state index in [0.717, 1.165) is 31.7 Å². The molecule has 0 aliphatic rings. The van der Waals surface area contributed by atoms with Gasteiger partial charge in [-0.05, 0) is 36.0 Å². The van der Waals surface area contributed by atoms with Gasteiger partial charge < -0.3 is 9.88 Å². The third-order valence-electron chi connectivity index (χ3n) is 3.65. The Labute approximate surface area is 129 Å². The summed E-state index contributed by atoms with van der Waals surface area (Å²) in [4.78, 5) is 4.67. The monoisotopic (exact) mass is 299 g/mol. The number of nitrogens with one attached hydrogen (secondary N) is 1. The minimum Gasteiger partial charge on any atom is -0.341 e. The van der Waals surface area contributed by atoms with Crippen molar-refractivity contribution in [2.45, 2.75) is 33.4 Å². The fourth-order valence-corrected chi connectivity index (χ4v) is 3.24. The molecule has 0 atom stereocenters. The van der Waals surface area contributed by atoms with Crippen molar-refractivity contribution in [2.75, 3.05) is 6.54 Å². The lowest BCUT2D eigenvalue weighted by Crippen LogP contribution is -2.11. The Bertz CT molecular complexity index is 727. The first-order chi connectivity index (χ1) is 10.3. The van der Waals surface area contributed by atoms with E-state index in [2.05, 4.69) is 64.6 Å². The smallest absolute Gasteiger partial charge is 0.0926 e. The maximum Gasteiger partial charge on any atom is 0.0926 e. The van der Waals surface area contributed by atoms with Gasteiger partial charge in [0.05, 0.1) is 17.2 Å². The number of fused-ring (bicyclic) bond motifs is 1. The van der Waals surface area contributed by atoms with Crippen molar-refractivity contribution in [3.63, 3.8) is 0 Å². The molecule has 0 unspecified atom stereocenters. The van der Waals surface area contributed by atoms with E-state index >= 15 is 0 Å². The predicted molar refractivity (Wildman–Crippen MR) is 89.9 cm³/mol. The zero-order valence-electron chi connectivity index (χ0n) is 12.6. The van der Waals surface area contributed by atoms with E-state index in [1.807, 2.05) is 0 Å². The van der Waals surface area contributed by atoms with E-state index in [4.69, 9.17) is 0 Å². The summed E-state index contributed by atoms with van der Waals surface area (Å²) in [5, 5.41) is 8.07. The Balaban J connectivity index is 1.87. The van der Waals surface area contributed by atoms with Gasteiger partial charge in [-0.15, -0.1) is 11.3 Å². The van der Waals surface area contributed by atoms with E-state index in [1.54, 1.807) is 11.3 Å². The number of benzene rings is 1. The van der Waals surface area contributed by atoms with E-state index < -0.39 is 0 Å². The van der Waals surface area contributed by atoms with Gasteiger partial charge in [0.25, 0.3) is 0 Å². The third kappa shape index (κ3) is 3.17. The second-order valence-electron chi connectivity index (χ2n) is 5.20. The van der Waals surface area contributed by atoms with Crippen molar-refractivity contribution in [1.82, 2.24) is 14.9 Å². The summed E-state index contributed by atoms with van der Waals surface area (Å²) in [5.74, 6) is 0. The van der Waals surface area contributed by atoms with Crippen LogP contribution in [0, 0.1) is 0 Å². The Morgan fingerprint density at radius 2 is 2.14 bits per heavy atom. The van der Waals surface area contributed by atoms with Gasteiger partial charge in [0.2, 0.25) is 0 Å². The Hall–Kier alpha value is -1.65. The van der Waals surface area contributed by atoms with E-state index in [0.29, 0.717) is 0 Å². The highest BCUT2D eigenvalue weighted by Gasteiger charge is 2.06. The molecule has 21 heavy (non-hydrogen) atoms. The summed E-state index contributed by atoms with van der Waals surface area (Å²) < 4.78 is 2.29. The number of hydrogen-bond donors (Lipinski definition) is 1. The third-order valence-corrected chi connectivity index (χ3v) is 4.69. The minimum absolute atomic E-state index is 0.852. The summed E-state index contributed by atoms with van der Waals surface area (Å²) in [6.07, 6.45) is 3.18. The van der Waals surface area contributed by atoms with Gasteiger partial charge in [0.1, 0.15) is 0 Å². The molecule has 2 heterocycles. The van der Waals surface area contributed by atoms with Gasteiger partial charge in [0.15, 0.2) is 0 Å². The van der Waals surface area contributed by atoms with Crippen LogP contribution >= 0.6 is 11.3 Å². The average molecular weight is 299 g/mol. The molecular weight excluding hydrogens is 278 g/mol. The quantitative estimate of drug-likeness (QED) is 0.750. The zero-order chi connectivity index (χ0) is 14.7. The van der Waals surface area contributed by atoms with Crippen molar-refractivity contribution in [3.05, 3.63) is 52.1 Å². The van der Waals surface area contributed by atoms with Crippen molar-refractivity contribution in [2.24, 2.45) is 0 Å². The van der Waals surface area contributed by atoms with Gasteiger partial charge in [-0.1, -0.05) is 26.0 Å². The van der Waals surface area contributed by atoms with E-state index in [9.17, 15) is 0 Å². The summed E-state index contributed by atoms with van der Waals surface area (Å²) in [7, 11) is 0. The number of nitrogens with zero attached hydrogens (tertiary/aromatic N) is 2. The Morgan fingerprint density at radius 1 is 1.24 bits per heavy atom. The molecule has 0 saturated heterocycles. The number of thiazole rings is 1. The maximum atomic E-state index is 4.67. The van der Waals surface area contributed by atoms with Gasteiger partial charge in [0, 0.05) is 23.6 Å². The van der Waals surface area contributed by atoms with E-state index in [1.165, 1.54) is 21.5 Å². The standard InChI is InChI=1S/C17H21N3S/c1-3-17-19-15(12-21-17)11-20-8-7-14-6-5-13(9-16(14)20)10-18-4-2/h5-9,12,18H,3-4,10-11H2,1-2H3. The summed E-state index contributed by atoms with van der Waals surface area (Å²) in [5.41, 5.74) is 3.78. The molecule has 0 aliphatic carbocycles. The molecule has 3 aromatic rings. The normalized spacial score (nSPS) is 11.3. The fraction of sp³-hybridized carbons (Fsp3) is 0.353. The molecule has 3 rings (SSSR count). The number of aromatic nitrogens is 2. The second kappa shape index (κ2) is 6.41. The molecule has 4 heteroatoms. The lowest BCUT2D eigenvalue weighted by Gasteiger charge is -2.06. The average Bonchev–Trinajstić information content (AvgIpc) is 3.12. The van der Waals surface area contributed by atoms with Gasteiger partial charge in [-0.25, -0.2) is 4.98 Å². The second-order valence-corrected chi connectivity index (χ2v) is 6.15. The van der Waals surface area contributed by atoms with Crippen LogP contribution in [-0.2, 0) is 19.5 Å². The molecule has 0 radical (unpaired) electrons. The van der Waals surface area contributed by atoms with Crippen LogP contribution in [0.3, 0.4) is 0 Å². The molecule has 0 saturated carbocycles. The van der Waals surface area contributed by atoms with Gasteiger partial charge in [-0.3, -0.25) is 0 Å². The molecule has 3 nitrogen and oxygen atoms in total. The first kappa shape index (κ1) is 14.3. The molecule has 0 bridgehead atoms. The maximum absolute atomic E-state index is 4.67. The van der Waals surface area contributed by atoms with Crippen LogP contribution in [-0.4, -0.2) is 16.1 Å². The molecule has 0 aliphatic heterocycles. The van der Waals surface area contributed by atoms with Crippen LogP contribution in [0.15, 0.2) is 35.8 Å². The molecule has 0 spiro atoms. The first-order valence-electron chi connectivity index (χ1n) is 7.52. The summed E-state index contributed by atoms with van der Waals surface area (Å²) in [6.45, 7) is 7.06. The largest absolute Gasteiger partial charge is 0.341 e. The number of hydrogen-bond acceptors (Lipinski definition) is 3. The van der Waals surface area contributed by atoms with Crippen LogP contribution in [0.25, 0.3) is 10.9 Å². The van der Waals surface area contributed by atoms with Crippen LogP contribution in [0.4, 0.5) is 0 Å². The van der Waals surface area contributed by atoms with E-state index in [-0.39, 0.29) is 0 Å². The topological polar surface area (TPSA) is 29.9 Å². The van der Waals surface area contributed by atoms with Gasteiger partial charge >= 0.3 is 0 Å². The summed E-state index contributed by atoms with van der Waals surface area (Å²) in [6, 6.07) is 8.87. The molecule has 1 N–H and O–H groups in total. The molecule has 110 valence electrons. The van der Waals surface area contributed by atoms with Crippen LogP contribution < -0.4 is 5.32 Å². The van der Waals surface area contributed by atoms with Crippen LogP contribution in [0.2, 0.25) is 0 Å². The molecule has 2 aromatic heterocycles. The molecule has 0 fully saturated rings. The highest BCUT2D eigenvalue weighted by Crippen LogP contribution is 2.20. The van der Waals surface area contributed by atoms with Crippen molar-refractivity contribution < 1.29 is 0 Å². The van der Waals surface area contributed by atoms with Crippen LogP contribution in [0.1, 0.15) is 30.1 Å².